The maximum absolute atomic E-state index is 12.3. The van der Waals surface area contributed by atoms with Crippen molar-refractivity contribution in [3.05, 3.63) is 59.6 Å². The van der Waals surface area contributed by atoms with E-state index in [1.165, 1.54) is 24.3 Å². The predicted molar refractivity (Wildman–Crippen MR) is 107 cm³/mol. The molecule has 2 N–H and O–H groups in total. The van der Waals surface area contributed by atoms with Gasteiger partial charge in [0.1, 0.15) is 0 Å². The number of hydrogen-bond donors (Lipinski definition) is 2. The molecule has 0 unspecified atom stereocenters. The van der Waals surface area contributed by atoms with Crippen LogP contribution in [0.2, 0.25) is 5.02 Å². The van der Waals surface area contributed by atoms with Gasteiger partial charge in [0, 0.05) is 10.6 Å². The summed E-state index contributed by atoms with van der Waals surface area (Å²) in [6, 6.07) is 13.3. The molecule has 0 atom stereocenters. The Morgan fingerprint density at radius 2 is 1.72 bits per heavy atom. The highest BCUT2D eigenvalue weighted by atomic mass is 35.5. The molecule has 0 aliphatic heterocycles. The third-order valence-electron chi connectivity index (χ3n) is 3.50. The normalized spacial score (nSPS) is 11.0. The molecule has 0 aliphatic rings. The Morgan fingerprint density at radius 1 is 1.03 bits per heavy atom. The minimum atomic E-state index is -4.10. The van der Waals surface area contributed by atoms with E-state index >= 15 is 0 Å². The number of sulfonamides is 1. The molecule has 11 heteroatoms. The van der Waals surface area contributed by atoms with E-state index in [4.69, 9.17) is 16.3 Å². The quantitative estimate of drug-likeness (QED) is 0.612. The number of halogens is 1. The second-order valence-electron chi connectivity index (χ2n) is 5.58. The lowest BCUT2D eigenvalue weighted by atomic mass is 10.2. The first-order chi connectivity index (χ1) is 13.9. The van der Waals surface area contributed by atoms with Crippen molar-refractivity contribution >= 4 is 33.6 Å². The van der Waals surface area contributed by atoms with Gasteiger partial charge < -0.3 is 4.74 Å². The van der Waals surface area contributed by atoms with E-state index in [2.05, 4.69) is 20.3 Å². The van der Waals surface area contributed by atoms with Crippen LogP contribution in [0.1, 0.15) is 6.92 Å². The number of nitrogens with one attached hydrogen (secondary N) is 2. The van der Waals surface area contributed by atoms with Crippen LogP contribution in [0.5, 0.6) is 6.01 Å². The largest absolute Gasteiger partial charge is 0.464 e. The number of nitrogens with zero attached hydrogens (tertiary/aromatic N) is 3. The smallest absolute Gasteiger partial charge is 0.335 e. The monoisotopic (exact) mass is 433 g/mol. The summed E-state index contributed by atoms with van der Waals surface area (Å²) in [4.78, 5) is 24.4. The molecule has 1 heterocycles. The first kappa shape index (κ1) is 20.5. The maximum Gasteiger partial charge on any atom is 0.335 e. The van der Waals surface area contributed by atoms with Gasteiger partial charge in [0.25, 0.3) is 10.0 Å². The lowest BCUT2D eigenvalue weighted by Crippen LogP contribution is -2.35. The highest BCUT2D eigenvalue weighted by Crippen LogP contribution is 2.19. The number of urea groups is 1. The molecule has 1 aromatic heterocycles. The fourth-order valence-corrected chi connectivity index (χ4v) is 3.28. The molecule has 2 amide bonds. The number of hydrogen-bond acceptors (Lipinski definition) is 7. The van der Waals surface area contributed by atoms with E-state index in [9.17, 15) is 13.2 Å². The summed E-state index contributed by atoms with van der Waals surface area (Å²) in [5.41, 5.74) is 0.674. The Kier molecular flexibility index (Phi) is 6.25. The fourth-order valence-electron chi connectivity index (χ4n) is 2.24. The molecular formula is C18H16ClN5O4S. The zero-order valence-corrected chi connectivity index (χ0v) is 16.7. The number of anilines is 1. The highest BCUT2D eigenvalue weighted by molar-refractivity contribution is 7.90. The average Bonchev–Trinajstić information content (AvgIpc) is 2.68. The standard InChI is InChI=1S/C18H16ClN5O4S/c1-2-28-18-21-15(12-6-4-3-5-7-12)20-16(23-18)22-17(25)24-29(26,27)14-10-8-13(19)9-11-14/h3-11H,2H2,1H3,(H2,20,21,22,23,24,25). The van der Waals surface area contributed by atoms with Gasteiger partial charge >= 0.3 is 12.0 Å². The Morgan fingerprint density at radius 3 is 2.38 bits per heavy atom. The Balaban J connectivity index is 1.82. The van der Waals surface area contributed by atoms with Gasteiger partial charge in [-0.1, -0.05) is 41.9 Å². The van der Waals surface area contributed by atoms with Gasteiger partial charge in [0.05, 0.1) is 11.5 Å². The zero-order valence-electron chi connectivity index (χ0n) is 15.2. The lowest BCUT2D eigenvalue weighted by molar-refractivity contribution is 0.256. The summed E-state index contributed by atoms with van der Waals surface area (Å²) in [7, 11) is -4.10. The van der Waals surface area contributed by atoms with Crippen molar-refractivity contribution in [2.45, 2.75) is 11.8 Å². The zero-order chi connectivity index (χ0) is 20.9. The van der Waals surface area contributed by atoms with Gasteiger partial charge in [-0.3, -0.25) is 5.32 Å². The van der Waals surface area contributed by atoms with Gasteiger partial charge in [-0.15, -0.1) is 0 Å². The summed E-state index contributed by atoms with van der Waals surface area (Å²) < 4.78 is 31.8. The topological polar surface area (TPSA) is 123 Å². The summed E-state index contributed by atoms with van der Waals surface area (Å²) in [5.74, 6) is 0.103. The SMILES string of the molecule is CCOc1nc(NC(=O)NS(=O)(=O)c2ccc(Cl)cc2)nc(-c2ccccc2)n1. The molecule has 0 saturated carbocycles. The van der Waals surface area contributed by atoms with E-state index in [0.717, 1.165) is 0 Å². The van der Waals surface area contributed by atoms with Crippen LogP contribution in [0.4, 0.5) is 10.7 Å². The number of ether oxygens (including phenoxy) is 1. The second-order valence-corrected chi connectivity index (χ2v) is 7.70. The van der Waals surface area contributed by atoms with Gasteiger partial charge in [-0.25, -0.2) is 17.9 Å². The van der Waals surface area contributed by atoms with Crippen LogP contribution < -0.4 is 14.8 Å². The van der Waals surface area contributed by atoms with Gasteiger partial charge in [0.2, 0.25) is 5.95 Å². The maximum atomic E-state index is 12.3. The Hall–Kier alpha value is -3.24. The molecule has 3 rings (SSSR count). The van der Waals surface area contributed by atoms with Crippen LogP contribution in [-0.4, -0.2) is 36.0 Å². The van der Waals surface area contributed by atoms with E-state index in [1.54, 1.807) is 31.2 Å². The van der Waals surface area contributed by atoms with Crippen molar-refractivity contribution in [2.24, 2.45) is 0 Å². The highest BCUT2D eigenvalue weighted by Gasteiger charge is 2.19. The number of carbonyl (C=O) groups excluding carboxylic acids is 1. The number of amides is 2. The molecule has 0 aliphatic carbocycles. The van der Waals surface area contributed by atoms with Crippen molar-refractivity contribution in [2.75, 3.05) is 11.9 Å². The Bertz CT molecular complexity index is 1110. The first-order valence-electron chi connectivity index (χ1n) is 8.41. The molecule has 29 heavy (non-hydrogen) atoms. The molecule has 3 aromatic rings. The van der Waals surface area contributed by atoms with Crippen LogP contribution in [-0.2, 0) is 10.0 Å². The van der Waals surface area contributed by atoms with E-state index in [-0.39, 0.29) is 22.7 Å². The fraction of sp³-hybridized carbons (Fsp3) is 0.111. The van der Waals surface area contributed by atoms with Crippen molar-refractivity contribution in [3.63, 3.8) is 0 Å². The van der Waals surface area contributed by atoms with Crippen LogP contribution in [0, 0.1) is 0 Å². The van der Waals surface area contributed by atoms with Crippen LogP contribution >= 0.6 is 11.6 Å². The van der Waals surface area contributed by atoms with E-state index in [1.807, 2.05) is 10.8 Å². The minimum absolute atomic E-state index is 0.00258. The molecule has 9 nitrogen and oxygen atoms in total. The summed E-state index contributed by atoms with van der Waals surface area (Å²) in [6.07, 6.45) is 0. The second kappa shape index (κ2) is 8.84. The Labute approximate surface area is 172 Å². The van der Waals surface area contributed by atoms with Gasteiger partial charge in [-0.05, 0) is 31.2 Å². The summed E-state index contributed by atoms with van der Waals surface area (Å²) in [5, 5.41) is 2.66. The molecular weight excluding hydrogens is 418 g/mol. The number of aromatic nitrogens is 3. The summed E-state index contributed by atoms with van der Waals surface area (Å²) >= 11 is 5.75. The molecule has 2 aromatic carbocycles. The van der Waals surface area contributed by atoms with Gasteiger partial charge in [-0.2, -0.15) is 15.0 Å². The van der Waals surface area contributed by atoms with Crippen molar-refractivity contribution in [1.29, 1.82) is 0 Å². The molecule has 0 bridgehead atoms. The van der Waals surface area contributed by atoms with Crippen molar-refractivity contribution < 1.29 is 17.9 Å². The molecule has 0 saturated heterocycles. The van der Waals surface area contributed by atoms with E-state index < -0.39 is 16.1 Å². The molecule has 0 fully saturated rings. The van der Waals surface area contributed by atoms with Crippen molar-refractivity contribution in [1.82, 2.24) is 19.7 Å². The van der Waals surface area contributed by atoms with Crippen LogP contribution in [0.3, 0.4) is 0 Å². The number of benzene rings is 2. The molecule has 0 spiro atoms. The first-order valence-corrected chi connectivity index (χ1v) is 10.3. The summed E-state index contributed by atoms with van der Waals surface area (Å²) in [6.45, 7) is 2.05. The number of carbonyl (C=O) groups is 1. The third kappa shape index (κ3) is 5.39. The minimum Gasteiger partial charge on any atom is -0.464 e. The third-order valence-corrected chi connectivity index (χ3v) is 5.10. The van der Waals surface area contributed by atoms with Crippen LogP contribution in [0.15, 0.2) is 59.5 Å². The van der Waals surface area contributed by atoms with E-state index in [0.29, 0.717) is 17.2 Å². The number of rotatable bonds is 6. The van der Waals surface area contributed by atoms with Crippen LogP contribution in [0.25, 0.3) is 11.4 Å². The lowest BCUT2D eigenvalue weighted by Gasteiger charge is -2.10. The average molecular weight is 434 g/mol. The molecule has 150 valence electrons. The molecule has 0 radical (unpaired) electrons. The van der Waals surface area contributed by atoms with Crippen molar-refractivity contribution in [3.8, 4) is 17.4 Å². The predicted octanol–water partition coefficient (Wildman–Crippen LogP) is 3.10. The van der Waals surface area contributed by atoms with Gasteiger partial charge in [0.15, 0.2) is 5.82 Å².